The van der Waals surface area contributed by atoms with E-state index in [0.717, 1.165) is 29.4 Å². The van der Waals surface area contributed by atoms with E-state index in [1.807, 2.05) is 36.4 Å². The molecular formula is C25H22N4O3. The summed E-state index contributed by atoms with van der Waals surface area (Å²) in [4.78, 5) is 36.4. The number of nitrogens with one attached hydrogen (secondary N) is 2. The number of nitrogens with zero attached hydrogens (tertiary/aromatic N) is 2. The average Bonchev–Trinajstić information content (AvgIpc) is 3.14. The molecule has 2 N–H and O–H groups in total. The number of imidazole rings is 1. The van der Waals surface area contributed by atoms with Crippen molar-refractivity contribution in [3.63, 3.8) is 0 Å². The summed E-state index contributed by atoms with van der Waals surface area (Å²) in [5, 5.41) is 2.96. The number of H-pyrrole nitrogens is 1. The second-order valence-electron chi connectivity index (χ2n) is 7.85. The highest BCUT2D eigenvalue weighted by Gasteiger charge is 2.22. The van der Waals surface area contributed by atoms with E-state index in [9.17, 15) is 9.59 Å². The van der Waals surface area contributed by atoms with Gasteiger partial charge in [0.1, 0.15) is 5.75 Å². The van der Waals surface area contributed by atoms with Crippen LogP contribution in [0.1, 0.15) is 46.9 Å². The number of rotatable bonds is 5. The highest BCUT2D eigenvalue weighted by Crippen LogP contribution is 2.32. The van der Waals surface area contributed by atoms with Crippen molar-refractivity contribution in [1.82, 2.24) is 20.3 Å². The summed E-state index contributed by atoms with van der Waals surface area (Å²) < 4.78 is 6.06. The predicted octanol–water partition coefficient (Wildman–Crippen LogP) is 4.36. The first kappa shape index (κ1) is 19.9. The summed E-state index contributed by atoms with van der Waals surface area (Å²) in [6, 6.07) is 18.4. The van der Waals surface area contributed by atoms with Crippen LogP contribution < -0.4 is 10.1 Å². The smallest absolute Gasteiger partial charge is 0.228 e. The highest BCUT2D eigenvalue weighted by molar-refractivity contribution is 6.08. The van der Waals surface area contributed by atoms with Gasteiger partial charge in [-0.2, -0.15) is 0 Å². The molecule has 3 heterocycles. The van der Waals surface area contributed by atoms with Gasteiger partial charge in [0.05, 0.1) is 11.0 Å². The molecule has 1 unspecified atom stereocenters. The van der Waals surface area contributed by atoms with E-state index in [-0.39, 0.29) is 17.6 Å². The molecule has 0 bridgehead atoms. The average molecular weight is 426 g/mol. The Bertz CT molecular complexity index is 1250. The van der Waals surface area contributed by atoms with Gasteiger partial charge in [-0.05, 0) is 55.3 Å². The Labute approximate surface area is 184 Å². The second-order valence-corrected chi connectivity index (χ2v) is 7.85. The SMILES string of the molecule is O=C1CCCC(c2cccnc2Oc2ccc(C(=O)c3nc4ccccc4[nH]3)cc2)CN1. The van der Waals surface area contributed by atoms with Crippen LogP contribution in [0.4, 0.5) is 0 Å². The number of carbonyl (C=O) groups is 2. The molecule has 0 aliphatic carbocycles. The van der Waals surface area contributed by atoms with Crippen LogP contribution >= 0.6 is 0 Å². The van der Waals surface area contributed by atoms with E-state index in [2.05, 4.69) is 20.3 Å². The Morgan fingerprint density at radius 1 is 1.03 bits per heavy atom. The second kappa shape index (κ2) is 8.63. The molecule has 32 heavy (non-hydrogen) atoms. The fourth-order valence-electron chi connectivity index (χ4n) is 3.98. The third kappa shape index (κ3) is 4.09. The maximum atomic E-state index is 12.8. The number of para-hydroxylation sites is 2. The van der Waals surface area contributed by atoms with Gasteiger partial charge in [0, 0.05) is 36.2 Å². The summed E-state index contributed by atoms with van der Waals surface area (Å²) in [5.41, 5.74) is 3.07. The van der Waals surface area contributed by atoms with Crippen molar-refractivity contribution in [1.29, 1.82) is 0 Å². The number of hydrogen-bond donors (Lipinski definition) is 2. The van der Waals surface area contributed by atoms with Crippen molar-refractivity contribution >= 4 is 22.7 Å². The molecule has 1 fully saturated rings. The fraction of sp³-hybridized carbons (Fsp3) is 0.200. The Kier molecular flexibility index (Phi) is 5.37. The molecule has 4 aromatic rings. The Morgan fingerprint density at radius 3 is 2.72 bits per heavy atom. The fourth-order valence-corrected chi connectivity index (χ4v) is 3.98. The lowest BCUT2D eigenvalue weighted by atomic mass is 9.95. The molecule has 0 radical (unpaired) electrons. The standard InChI is InChI=1S/C25H22N4O3/c30-22-9-3-5-17(15-27-22)19-6-4-14-26-25(19)32-18-12-10-16(11-13-18)23(31)24-28-20-7-1-2-8-21(20)29-24/h1-2,4,6-8,10-14,17H,3,5,9,15H2,(H,27,30)(H,28,29). The molecule has 2 aromatic carbocycles. The first-order valence-electron chi connectivity index (χ1n) is 10.7. The number of pyridine rings is 1. The molecule has 7 nitrogen and oxygen atoms in total. The highest BCUT2D eigenvalue weighted by atomic mass is 16.5. The summed E-state index contributed by atoms with van der Waals surface area (Å²) in [7, 11) is 0. The van der Waals surface area contributed by atoms with Gasteiger partial charge in [-0.1, -0.05) is 18.2 Å². The molecule has 5 rings (SSSR count). The number of aromatic nitrogens is 3. The number of fused-ring (bicyclic) bond motifs is 1. The number of hydrogen-bond acceptors (Lipinski definition) is 5. The van der Waals surface area contributed by atoms with E-state index >= 15 is 0 Å². The normalized spacial score (nSPS) is 16.4. The summed E-state index contributed by atoms with van der Waals surface area (Å²) in [6.45, 7) is 0.575. The topological polar surface area (TPSA) is 97.0 Å². The minimum Gasteiger partial charge on any atom is -0.439 e. The van der Waals surface area contributed by atoms with Crippen LogP contribution in [0.2, 0.25) is 0 Å². The minimum atomic E-state index is -0.180. The summed E-state index contributed by atoms with van der Waals surface area (Å²) in [5.74, 6) is 1.47. The zero-order chi connectivity index (χ0) is 21.9. The number of amides is 1. The van der Waals surface area contributed by atoms with Gasteiger partial charge in [0.2, 0.25) is 17.6 Å². The minimum absolute atomic E-state index is 0.0866. The number of aromatic amines is 1. The van der Waals surface area contributed by atoms with Gasteiger partial charge in [0.25, 0.3) is 0 Å². The van der Waals surface area contributed by atoms with Gasteiger partial charge in [-0.15, -0.1) is 0 Å². The van der Waals surface area contributed by atoms with E-state index < -0.39 is 0 Å². The van der Waals surface area contributed by atoms with E-state index in [1.54, 1.807) is 30.5 Å². The number of ketones is 1. The van der Waals surface area contributed by atoms with Crippen LogP contribution in [0, 0.1) is 0 Å². The molecule has 0 saturated carbocycles. The third-order valence-corrected chi connectivity index (χ3v) is 5.68. The molecule has 1 aliphatic rings. The lowest BCUT2D eigenvalue weighted by Gasteiger charge is -2.17. The first-order chi connectivity index (χ1) is 15.7. The van der Waals surface area contributed by atoms with E-state index in [4.69, 9.17) is 4.74 Å². The number of carbonyl (C=O) groups excluding carboxylic acids is 2. The molecule has 0 spiro atoms. The quantitative estimate of drug-likeness (QED) is 0.462. The monoisotopic (exact) mass is 426 g/mol. The lowest BCUT2D eigenvalue weighted by molar-refractivity contribution is -0.120. The molecule has 1 amide bonds. The molecular weight excluding hydrogens is 404 g/mol. The van der Waals surface area contributed by atoms with Crippen molar-refractivity contribution < 1.29 is 14.3 Å². The van der Waals surface area contributed by atoms with Crippen LogP contribution in [-0.2, 0) is 4.79 Å². The Balaban J connectivity index is 1.34. The molecule has 160 valence electrons. The molecule has 7 heteroatoms. The van der Waals surface area contributed by atoms with Gasteiger partial charge in [0.15, 0.2) is 5.82 Å². The maximum absolute atomic E-state index is 12.8. The first-order valence-corrected chi connectivity index (χ1v) is 10.7. The predicted molar refractivity (Wildman–Crippen MR) is 120 cm³/mol. The van der Waals surface area contributed by atoms with Crippen molar-refractivity contribution in [3.8, 4) is 11.6 Å². The number of benzene rings is 2. The third-order valence-electron chi connectivity index (χ3n) is 5.68. The van der Waals surface area contributed by atoms with E-state index in [1.165, 1.54) is 0 Å². The largest absolute Gasteiger partial charge is 0.439 e. The van der Waals surface area contributed by atoms with Gasteiger partial charge >= 0.3 is 0 Å². The van der Waals surface area contributed by atoms with Crippen molar-refractivity contribution in [2.45, 2.75) is 25.2 Å². The van der Waals surface area contributed by atoms with Crippen LogP contribution in [0.5, 0.6) is 11.6 Å². The molecule has 2 aromatic heterocycles. The van der Waals surface area contributed by atoms with Gasteiger partial charge < -0.3 is 15.0 Å². The lowest BCUT2D eigenvalue weighted by Crippen LogP contribution is -2.25. The van der Waals surface area contributed by atoms with Crippen LogP contribution in [0.3, 0.4) is 0 Å². The molecule has 1 saturated heterocycles. The van der Waals surface area contributed by atoms with Crippen LogP contribution in [0.25, 0.3) is 11.0 Å². The van der Waals surface area contributed by atoms with Crippen molar-refractivity contribution in [2.75, 3.05) is 6.54 Å². The van der Waals surface area contributed by atoms with Crippen molar-refractivity contribution in [3.05, 3.63) is 83.8 Å². The van der Waals surface area contributed by atoms with Gasteiger partial charge in [-0.3, -0.25) is 9.59 Å². The van der Waals surface area contributed by atoms with Crippen LogP contribution in [0.15, 0.2) is 66.9 Å². The van der Waals surface area contributed by atoms with Gasteiger partial charge in [-0.25, -0.2) is 9.97 Å². The van der Waals surface area contributed by atoms with E-state index in [0.29, 0.717) is 36.0 Å². The zero-order valence-electron chi connectivity index (χ0n) is 17.4. The summed E-state index contributed by atoms with van der Waals surface area (Å²) >= 11 is 0. The Morgan fingerprint density at radius 2 is 1.88 bits per heavy atom. The zero-order valence-corrected chi connectivity index (χ0v) is 17.4. The Hall–Kier alpha value is -4.00. The van der Waals surface area contributed by atoms with Crippen LogP contribution in [-0.4, -0.2) is 33.2 Å². The number of ether oxygens (including phenoxy) is 1. The summed E-state index contributed by atoms with van der Waals surface area (Å²) in [6.07, 6.45) is 3.97. The van der Waals surface area contributed by atoms with Crippen molar-refractivity contribution in [2.24, 2.45) is 0 Å². The molecule has 1 atom stereocenters. The maximum Gasteiger partial charge on any atom is 0.228 e. The molecule has 1 aliphatic heterocycles.